The zero-order chi connectivity index (χ0) is 40.7. The molecule has 0 amide bonds. The summed E-state index contributed by atoms with van der Waals surface area (Å²) in [7, 11) is 0. The normalized spacial score (nSPS) is 11.9. The Bertz CT molecular complexity index is 3890. The molecule has 0 saturated heterocycles. The number of benzene rings is 10. The first-order valence-electron chi connectivity index (χ1n) is 20.8. The van der Waals surface area contributed by atoms with Crippen molar-refractivity contribution >= 4 is 85.8 Å². The summed E-state index contributed by atoms with van der Waals surface area (Å²) in [5.74, 6) is 1.82. The van der Waals surface area contributed by atoms with Crippen molar-refractivity contribution in [2.75, 3.05) is 0 Å². The number of hydrogen-bond donors (Lipinski definition) is 0. The maximum Gasteiger partial charge on any atom is 0.164 e. The molecule has 0 unspecified atom stereocenters. The van der Waals surface area contributed by atoms with Gasteiger partial charge in [-0.05, 0) is 97.0 Å². The highest BCUT2D eigenvalue weighted by atomic mass is 32.1. The number of thiophene rings is 1. The van der Waals surface area contributed by atoms with Gasteiger partial charge in [-0.3, -0.25) is 0 Å². The van der Waals surface area contributed by atoms with E-state index in [1.54, 1.807) is 0 Å². The second-order valence-electron chi connectivity index (χ2n) is 15.9. The molecule has 13 rings (SSSR count). The minimum absolute atomic E-state index is 0.591. The number of furan rings is 1. The lowest BCUT2D eigenvalue weighted by molar-refractivity contribution is 0.669. The van der Waals surface area contributed by atoms with Gasteiger partial charge < -0.3 is 4.42 Å². The van der Waals surface area contributed by atoms with Gasteiger partial charge in [0.15, 0.2) is 17.5 Å². The van der Waals surface area contributed by atoms with Crippen molar-refractivity contribution in [3.8, 4) is 56.4 Å². The molecule has 0 aliphatic rings. The molecule has 3 aromatic heterocycles. The summed E-state index contributed by atoms with van der Waals surface area (Å²) in [5, 5.41) is 11.8. The van der Waals surface area contributed by atoms with E-state index in [1.165, 1.54) is 69.2 Å². The summed E-state index contributed by atoms with van der Waals surface area (Å²) in [4.78, 5) is 15.7. The molecule has 0 aliphatic carbocycles. The van der Waals surface area contributed by atoms with Crippen LogP contribution in [0.25, 0.3) is 131 Å². The van der Waals surface area contributed by atoms with Crippen molar-refractivity contribution in [1.29, 1.82) is 0 Å². The largest absolute Gasteiger partial charge is 0.456 e. The molecule has 4 nitrogen and oxygen atoms in total. The van der Waals surface area contributed by atoms with Gasteiger partial charge in [0, 0.05) is 47.6 Å². The van der Waals surface area contributed by atoms with Crippen LogP contribution in [0.3, 0.4) is 0 Å². The first kappa shape index (κ1) is 34.8. The summed E-state index contributed by atoms with van der Waals surface area (Å²) in [6, 6.07) is 71.0. The van der Waals surface area contributed by atoms with E-state index in [0.717, 1.165) is 44.2 Å². The van der Waals surface area contributed by atoms with Crippen LogP contribution in [-0.4, -0.2) is 15.0 Å². The maximum absolute atomic E-state index is 6.63. The van der Waals surface area contributed by atoms with Crippen LogP contribution in [0, 0.1) is 0 Å². The standard InChI is InChI=1S/C57H33N3OS/c1-3-14-34(15-4-1)38-32-46(54-44-22-11-12-25-51(44)62-52(54)33-38)36-27-29-49-48(30-36)53-45(23-13-24-50(53)61-49)57-59-55(35-16-5-2-6-17-35)58-56(60-57)37-26-28-43-41-20-8-7-18-39(41)40-19-9-10-21-42(40)47(43)31-37/h1-33H. The molecule has 0 spiro atoms. The fourth-order valence-corrected chi connectivity index (χ4v) is 10.6. The molecule has 0 fully saturated rings. The Morgan fingerprint density at radius 2 is 0.871 bits per heavy atom. The predicted octanol–water partition coefficient (Wildman–Crippen LogP) is 15.9. The monoisotopic (exact) mass is 807 g/mol. The Balaban J connectivity index is 1.04. The molecule has 0 saturated carbocycles. The summed E-state index contributed by atoms with van der Waals surface area (Å²) in [6.45, 7) is 0. The molecule has 62 heavy (non-hydrogen) atoms. The third kappa shape index (κ3) is 5.49. The first-order valence-corrected chi connectivity index (χ1v) is 21.7. The second kappa shape index (κ2) is 13.8. The SMILES string of the molecule is c1ccc(-c2cc(-c3ccc4oc5cccc(-c6nc(-c7ccccc7)nc(-c7ccc8c9ccccc9c9ccccc9c8c7)n6)c5c4c3)c3c(c2)sc2ccccc23)cc1. The Labute approximate surface area is 360 Å². The van der Waals surface area contributed by atoms with Crippen LogP contribution in [0.15, 0.2) is 205 Å². The molecular formula is C57H33N3OS. The zero-order valence-corrected chi connectivity index (χ0v) is 34.0. The molecule has 0 bridgehead atoms. The zero-order valence-electron chi connectivity index (χ0n) is 33.2. The summed E-state index contributed by atoms with van der Waals surface area (Å²) < 4.78 is 9.17. The lowest BCUT2D eigenvalue weighted by atomic mass is 9.93. The van der Waals surface area contributed by atoms with E-state index in [4.69, 9.17) is 19.4 Å². The van der Waals surface area contributed by atoms with Gasteiger partial charge in [0.25, 0.3) is 0 Å². The van der Waals surface area contributed by atoms with Crippen molar-refractivity contribution < 1.29 is 4.42 Å². The van der Waals surface area contributed by atoms with Gasteiger partial charge in [-0.25, -0.2) is 15.0 Å². The van der Waals surface area contributed by atoms with E-state index >= 15 is 0 Å². The maximum atomic E-state index is 6.63. The van der Waals surface area contributed by atoms with E-state index in [1.807, 2.05) is 41.7 Å². The highest BCUT2D eigenvalue weighted by Gasteiger charge is 2.21. The van der Waals surface area contributed by atoms with Crippen molar-refractivity contribution in [2.45, 2.75) is 0 Å². The predicted molar refractivity (Wildman–Crippen MR) is 260 cm³/mol. The number of rotatable bonds is 5. The Morgan fingerprint density at radius 3 is 1.61 bits per heavy atom. The molecule has 0 N–H and O–H groups in total. The second-order valence-corrected chi connectivity index (χ2v) is 17.0. The van der Waals surface area contributed by atoms with Crippen LogP contribution >= 0.6 is 11.3 Å². The highest BCUT2D eigenvalue weighted by Crippen LogP contribution is 2.45. The molecule has 288 valence electrons. The minimum atomic E-state index is 0.591. The molecule has 0 atom stereocenters. The number of fused-ring (bicyclic) bond motifs is 12. The Kier molecular flexibility index (Phi) is 7.74. The number of nitrogens with zero attached hydrogens (tertiary/aromatic N) is 3. The van der Waals surface area contributed by atoms with Crippen LogP contribution in [0.2, 0.25) is 0 Å². The molecular weight excluding hydrogens is 775 g/mol. The lowest BCUT2D eigenvalue weighted by Crippen LogP contribution is -2.00. The number of hydrogen-bond acceptors (Lipinski definition) is 5. The summed E-state index contributed by atoms with van der Waals surface area (Å²) in [6.07, 6.45) is 0. The third-order valence-corrected chi connectivity index (χ3v) is 13.4. The van der Waals surface area contributed by atoms with E-state index < -0.39 is 0 Å². The smallest absolute Gasteiger partial charge is 0.164 e. The third-order valence-electron chi connectivity index (χ3n) is 12.3. The fourth-order valence-electron chi connectivity index (χ4n) is 9.45. The minimum Gasteiger partial charge on any atom is -0.456 e. The van der Waals surface area contributed by atoms with Crippen molar-refractivity contribution in [2.24, 2.45) is 0 Å². The van der Waals surface area contributed by atoms with Crippen LogP contribution in [0.5, 0.6) is 0 Å². The van der Waals surface area contributed by atoms with E-state index in [0.29, 0.717) is 17.5 Å². The van der Waals surface area contributed by atoms with Gasteiger partial charge >= 0.3 is 0 Å². The molecule has 13 aromatic rings. The van der Waals surface area contributed by atoms with Gasteiger partial charge in [0.05, 0.1) is 0 Å². The van der Waals surface area contributed by atoms with Crippen molar-refractivity contribution in [3.05, 3.63) is 200 Å². The van der Waals surface area contributed by atoms with Gasteiger partial charge in [-0.1, -0.05) is 158 Å². The van der Waals surface area contributed by atoms with Gasteiger partial charge in [-0.2, -0.15) is 0 Å². The molecule has 5 heteroatoms. The van der Waals surface area contributed by atoms with E-state index in [-0.39, 0.29) is 0 Å². The molecule has 0 radical (unpaired) electrons. The average molecular weight is 808 g/mol. The van der Waals surface area contributed by atoms with Gasteiger partial charge in [0.1, 0.15) is 11.2 Å². The van der Waals surface area contributed by atoms with Crippen molar-refractivity contribution in [1.82, 2.24) is 15.0 Å². The molecule has 10 aromatic carbocycles. The fraction of sp³-hybridized carbons (Fsp3) is 0. The summed E-state index contributed by atoms with van der Waals surface area (Å²) in [5.41, 5.74) is 9.04. The van der Waals surface area contributed by atoms with Crippen LogP contribution in [0.4, 0.5) is 0 Å². The topological polar surface area (TPSA) is 51.8 Å². The molecule has 3 heterocycles. The quantitative estimate of drug-likeness (QED) is 0.163. The van der Waals surface area contributed by atoms with Crippen LogP contribution < -0.4 is 0 Å². The van der Waals surface area contributed by atoms with E-state index in [2.05, 4.69) is 170 Å². The van der Waals surface area contributed by atoms with Crippen LogP contribution in [-0.2, 0) is 0 Å². The first-order chi connectivity index (χ1) is 30.7. The Hall–Kier alpha value is -7.99. The summed E-state index contributed by atoms with van der Waals surface area (Å²) >= 11 is 1.85. The van der Waals surface area contributed by atoms with Gasteiger partial charge in [0.2, 0.25) is 0 Å². The highest BCUT2D eigenvalue weighted by molar-refractivity contribution is 7.26. The van der Waals surface area contributed by atoms with Crippen molar-refractivity contribution in [3.63, 3.8) is 0 Å². The van der Waals surface area contributed by atoms with Gasteiger partial charge in [-0.15, -0.1) is 11.3 Å². The Morgan fingerprint density at radius 1 is 0.290 bits per heavy atom. The average Bonchev–Trinajstić information content (AvgIpc) is 3.92. The van der Waals surface area contributed by atoms with E-state index in [9.17, 15) is 0 Å². The lowest BCUT2D eigenvalue weighted by Gasteiger charge is -2.13. The number of aromatic nitrogens is 3. The van der Waals surface area contributed by atoms with Crippen LogP contribution in [0.1, 0.15) is 0 Å². The molecule has 0 aliphatic heterocycles.